The van der Waals surface area contributed by atoms with Crippen LogP contribution in [0.15, 0.2) is 29.3 Å². The Morgan fingerprint density at radius 2 is 1.68 bits per heavy atom. The molecule has 8 amide bonds. The van der Waals surface area contributed by atoms with E-state index in [1.165, 1.54) is 0 Å². The zero-order chi connectivity index (χ0) is 39.0. The molecule has 1 aromatic heterocycles. The van der Waals surface area contributed by atoms with Gasteiger partial charge in [0, 0.05) is 29.6 Å². The number of nitrogens with one attached hydrogen (secondary N) is 6. The Labute approximate surface area is 308 Å². The fourth-order valence-corrected chi connectivity index (χ4v) is 7.23. The second kappa shape index (κ2) is 18.0. The van der Waals surface area contributed by atoms with Gasteiger partial charge in [0.1, 0.15) is 24.2 Å². The summed E-state index contributed by atoms with van der Waals surface area (Å²) >= 11 is 1.09. The van der Waals surface area contributed by atoms with Crippen molar-refractivity contribution in [3.63, 3.8) is 0 Å². The number of benzene rings is 1. The van der Waals surface area contributed by atoms with E-state index in [0.29, 0.717) is 22.5 Å². The second-order valence-electron chi connectivity index (χ2n) is 13.1. The van der Waals surface area contributed by atoms with E-state index in [-0.39, 0.29) is 31.1 Å². The highest BCUT2D eigenvalue weighted by molar-refractivity contribution is 7.99. The fraction of sp³-hybridized carbons (Fsp3) is 0.515. The summed E-state index contributed by atoms with van der Waals surface area (Å²) in [7, 11) is 0. The Hall–Kier alpha value is -5.21. The van der Waals surface area contributed by atoms with Gasteiger partial charge in [-0.15, -0.1) is 11.8 Å². The highest BCUT2D eigenvalue weighted by Gasteiger charge is 2.41. The van der Waals surface area contributed by atoms with E-state index in [0.717, 1.165) is 22.0 Å². The smallest absolute Gasteiger partial charge is 0.246 e. The van der Waals surface area contributed by atoms with Gasteiger partial charge in [-0.2, -0.15) is 0 Å². The van der Waals surface area contributed by atoms with Gasteiger partial charge in [0.05, 0.1) is 36.7 Å². The summed E-state index contributed by atoms with van der Waals surface area (Å²) in [6.07, 6.45) is -1.40. The number of hydrogen-bond acceptors (Lipinski definition) is 11. The molecule has 53 heavy (non-hydrogen) atoms. The van der Waals surface area contributed by atoms with Gasteiger partial charge >= 0.3 is 0 Å². The SMILES string of the molecule is CC[C@H](C)[C@@H]1NC(=O)CNC(=O)C(N)Cc2c([nH]c3ccccc23)SC[C@@H](C(=O)NC(CC(N)=O)C(=O)N2C[C@H](O)C[C@H]2C(N)=O)NC(=O)CNC1=O. The van der Waals surface area contributed by atoms with Crippen molar-refractivity contribution in [1.82, 2.24) is 36.5 Å². The Bertz CT molecular complexity index is 1750. The van der Waals surface area contributed by atoms with Crippen molar-refractivity contribution < 1.29 is 43.5 Å². The fourth-order valence-electron chi connectivity index (χ4n) is 6.11. The van der Waals surface area contributed by atoms with Crippen LogP contribution >= 0.6 is 11.8 Å². The van der Waals surface area contributed by atoms with Gasteiger partial charge in [0.15, 0.2) is 0 Å². The molecule has 20 heteroatoms. The predicted octanol–water partition coefficient (Wildman–Crippen LogP) is -3.80. The summed E-state index contributed by atoms with van der Waals surface area (Å²) in [5.74, 6) is -6.95. The van der Waals surface area contributed by atoms with Gasteiger partial charge in [0.25, 0.3) is 0 Å². The average Bonchev–Trinajstić information content (AvgIpc) is 3.68. The molecule has 2 unspecified atom stereocenters. The monoisotopic (exact) mass is 758 g/mol. The van der Waals surface area contributed by atoms with Gasteiger partial charge in [0.2, 0.25) is 47.3 Å². The van der Waals surface area contributed by atoms with Crippen molar-refractivity contribution in [2.45, 2.75) is 80.9 Å². The summed E-state index contributed by atoms with van der Waals surface area (Å²) in [4.78, 5) is 108. The number of amides is 8. The van der Waals surface area contributed by atoms with Crippen LogP contribution in [-0.2, 0) is 44.8 Å². The maximum atomic E-state index is 13.9. The predicted molar refractivity (Wildman–Crippen MR) is 191 cm³/mol. The van der Waals surface area contributed by atoms with Crippen molar-refractivity contribution in [2.24, 2.45) is 23.1 Å². The lowest BCUT2D eigenvalue weighted by molar-refractivity contribution is -0.142. The molecule has 13 N–H and O–H groups in total. The second-order valence-corrected chi connectivity index (χ2v) is 14.1. The Morgan fingerprint density at radius 3 is 2.34 bits per heavy atom. The summed E-state index contributed by atoms with van der Waals surface area (Å²) < 4.78 is 0. The molecular weight excluding hydrogens is 712 g/mol. The van der Waals surface area contributed by atoms with Crippen LogP contribution in [0.25, 0.3) is 10.9 Å². The number of nitrogens with zero attached hydrogens (tertiary/aromatic N) is 1. The summed E-state index contributed by atoms with van der Waals surface area (Å²) in [6, 6.07) is 0.823. The summed E-state index contributed by atoms with van der Waals surface area (Å²) in [6.45, 7) is 2.20. The van der Waals surface area contributed by atoms with Gasteiger partial charge in [-0.3, -0.25) is 38.4 Å². The van der Waals surface area contributed by atoms with Crippen molar-refractivity contribution in [1.29, 1.82) is 0 Å². The lowest BCUT2D eigenvalue weighted by atomic mass is 9.98. The molecule has 288 valence electrons. The maximum absolute atomic E-state index is 13.9. The van der Waals surface area contributed by atoms with E-state index in [1.807, 2.05) is 6.07 Å². The topological polar surface area (TPSA) is 314 Å². The number of para-hydroxylation sites is 1. The molecule has 1 fully saturated rings. The van der Waals surface area contributed by atoms with Crippen LogP contribution in [-0.4, -0.2) is 124 Å². The minimum Gasteiger partial charge on any atom is -0.391 e. The normalized spacial score (nSPS) is 24.7. The molecule has 2 aliphatic rings. The van der Waals surface area contributed by atoms with Crippen molar-refractivity contribution in [3.05, 3.63) is 29.8 Å². The quantitative estimate of drug-likeness (QED) is 0.124. The third kappa shape index (κ3) is 10.4. The lowest BCUT2D eigenvalue weighted by Crippen LogP contribution is -2.58. The van der Waals surface area contributed by atoms with Crippen LogP contribution in [0.4, 0.5) is 0 Å². The van der Waals surface area contributed by atoms with Crippen molar-refractivity contribution >= 4 is 69.9 Å². The molecule has 2 aromatic rings. The number of nitrogens with two attached hydrogens (primary N) is 3. The standard InChI is InChI=1S/C33H46N10O9S/c1-3-15(2)27-31(51)38-11-25(46)39-22(30(50)40-21(10-24(35)45)33(52)43-13-16(44)8-23(43)28(36)48)14-53-32-18(17-6-4-5-7-20(17)41-32)9-19(34)29(49)37-12-26(47)42-27/h4-7,15-16,19,21-23,27,41,44H,3,8-14,34H2,1-2H3,(H2,35,45)(H2,36,48)(H,37,49)(H,38,51)(H,39,46)(H,40,50)(H,42,47)/t15-,16+,19?,21?,22-,23-,27-/m0/s1. The molecule has 19 nitrogen and oxygen atoms in total. The molecule has 3 heterocycles. The highest BCUT2D eigenvalue weighted by atomic mass is 32.2. The number of thioether (sulfide) groups is 1. The van der Waals surface area contributed by atoms with Crippen LogP contribution in [0.5, 0.6) is 0 Å². The van der Waals surface area contributed by atoms with Crippen molar-refractivity contribution in [2.75, 3.05) is 25.4 Å². The van der Waals surface area contributed by atoms with Crippen LogP contribution in [0, 0.1) is 5.92 Å². The van der Waals surface area contributed by atoms with Crippen LogP contribution in [0.1, 0.15) is 38.7 Å². The van der Waals surface area contributed by atoms with E-state index < -0.39 is 103 Å². The Balaban J connectivity index is 1.67. The van der Waals surface area contributed by atoms with Gasteiger partial charge in [-0.05, 0) is 24.0 Å². The van der Waals surface area contributed by atoms with E-state index >= 15 is 0 Å². The number of aliphatic hydroxyl groups excluding tert-OH is 1. The zero-order valence-corrected chi connectivity index (χ0v) is 30.1. The number of aromatic nitrogens is 1. The van der Waals surface area contributed by atoms with Gasteiger partial charge in [-0.1, -0.05) is 38.5 Å². The Morgan fingerprint density at radius 1 is 1.02 bits per heavy atom. The maximum Gasteiger partial charge on any atom is 0.246 e. The number of β-amino-alcohol motifs (C(OH)–C–C–N with tert-alkyl or cyclic N) is 1. The number of carbonyl (C=O) groups excluding carboxylic acids is 8. The van der Waals surface area contributed by atoms with E-state index in [1.54, 1.807) is 32.0 Å². The van der Waals surface area contributed by atoms with Crippen LogP contribution in [0.2, 0.25) is 0 Å². The largest absolute Gasteiger partial charge is 0.391 e. The molecule has 7 atom stereocenters. The molecule has 4 rings (SSSR count). The first kappa shape index (κ1) is 40.6. The molecule has 0 spiro atoms. The third-order valence-electron chi connectivity index (χ3n) is 9.15. The number of primary amides is 2. The number of aliphatic hydroxyl groups is 1. The number of rotatable bonds is 8. The molecule has 0 bridgehead atoms. The molecule has 0 radical (unpaired) electrons. The molecule has 2 aliphatic heterocycles. The summed E-state index contributed by atoms with van der Waals surface area (Å²) in [5, 5.41) is 24.0. The molecule has 1 saturated heterocycles. The van der Waals surface area contributed by atoms with E-state index in [9.17, 15) is 43.5 Å². The number of H-pyrrole nitrogens is 1. The highest BCUT2D eigenvalue weighted by Crippen LogP contribution is 2.31. The minimum absolute atomic E-state index is 0.0127. The van der Waals surface area contributed by atoms with E-state index in [2.05, 4.69) is 31.6 Å². The van der Waals surface area contributed by atoms with Crippen molar-refractivity contribution in [3.8, 4) is 0 Å². The van der Waals surface area contributed by atoms with E-state index in [4.69, 9.17) is 17.2 Å². The Kier molecular flexibility index (Phi) is 13.8. The first-order valence-corrected chi connectivity index (χ1v) is 18.1. The molecule has 0 saturated carbocycles. The average molecular weight is 759 g/mol. The number of likely N-dealkylation sites (tertiary alicyclic amines) is 1. The lowest BCUT2D eigenvalue weighted by Gasteiger charge is -2.28. The number of fused-ring (bicyclic) bond motifs is 3. The van der Waals surface area contributed by atoms with Crippen LogP contribution < -0.4 is 43.8 Å². The minimum atomic E-state index is -1.60. The van der Waals surface area contributed by atoms with Crippen LogP contribution in [0.3, 0.4) is 0 Å². The molecular formula is C33H46N10O9S. The summed E-state index contributed by atoms with van der Waals surface area (Å²) in [5.41, 5.74) is 18.5. The zero-order valence-electron chi connectivity index (χ0n) is 29.3. The first-order chi connectivity index (χ1) is 25.1. The first-order valence-electron chi connectivity index (χ1n) is 17.1. The van der Waals surface area contributed by atoms with Gasteiger partial charge < -0.3 is 58.8 Å². The third-order valence-corrected chi connectivity index (χ3v) is 10.3. The molecule has 0 aliphatic carbocycles. The number of aromatic amines is 1. The number of carbonyl (C=O) groups is 8. The van der Waals surface area contributed by atoms with Gasteiger partial charge in [-0.25, -0.2) is 0 Å². The number of hydrogen-bond donors (Lipinski definition) is 10. The molecule has 1 aromatic carbocycles.